The zero-order valence-electron chi connectivity index (χ0n) is 12.5. The second kappa shape index (κ2) is 6.00. The molecule has 21 heavy (non-hydrogen) atoms. The lowest BCUT2D eigenvalue weighted by Gasteiger charge is -2.10. The van der Waals surface area contributed by atoms with Gasteiger partial charge in [-0.2, -0.15) is 0 Å². The molecule has 0 bridgehead atoms. The second-order valence-electron chi connectivity index (χ2n) is 5.49. The van der Waals surface area contributed by atoms with Crippen molar-refractivity contribution in [2.45, 2.75) is 27.2 Å². The van der Waals surface area contributed by atoms with Crippen LogP contribution < -0.4 is 0 Å². The SMILES string of the molecule is C/C1=C/Cc2cc(C=O)c(C=O)cc2C(=O)/C(C)=C/C1C. The molecule has 1 aromatic rings. The Kier molecular flexibility index (Phi) is 4.32. The maximum atomic E-state index is 12.6. The Balaban J connectivity index is 2.70. The van der Waals surface area contributed by atoms with Crippen molar-refractivity contribution in [2.24, 2.45) is 5.92 Å². The lowest BCUT2D eigenvalue weighted by Crippen LogP contribution is -2.08. The van der Waals surface area contributed by atoms with E-state index < -0.39 is 0 Å². The minimum atomic E-state index is -0.0829. The summed E-state index contributed by atoms with van der Waals surface area (Å²) in [6.07, 6.45) is 5.87. The average molecular weight is 282 g/mol. The fourth-order valence-corrected chi connectivity index (χ4v) is 2.52. The summed E-state index contributed by atoms with van der Waals surface area (Å²) in [5.41, 5.74) is 3.73. The van der Waals surface area contributed by atoms with Crippen molar-refractivity contribution in [2.75, 3.05) is 0 Å². The van der Waals surface area contributed by atoms with Gasteiger partial charge in [-0.1, -0.05) is 24.6 Å². The molecule has 2 rings (SSSR count). The highest BCUT2D eigenvalue weighted by atomic mass is 16.1. The van der Waals surface area contributed by atoms with E-state index in [1.165, 1.54) is 11.6 Å². The molecule has 0 fully saturated rings. The Morgan fingerprint density at radius 1 is 1.10 bits per heavy atom. The van der Waals surface area contributed by atoms with Gasteiger partial charge in [-0.15, -0.1) is 0 Å². The van der Waals surface area contributed by atoms with Crippen LogP contribution in [0, 0.1) is 5.92 Å². The van der Waals surface area contributed by atoms with E-state index in [9.17, 15) is 14.4 Å². The Labute approximate surface area is 124 Å². The zero-order valence-corrected chi connectivity index (χ0v) is 12.5. The smallest absolute Gasteiger partial charge is 0.188 e. The fourth-order valence-electron chi connectivity index (χ4n) is 2.52. The number of benzene rings is 1. The first kappa shape index (κ1) is 15.1. The Morgan fingerprint density at radius 3 is 2.33 bits per heavy atom. The highest BCUT2D eigenvalue weighted by Gasteiger charge is 2.18. The van der Waals surface area contributed by atoms with E-state index in [0.717, 1.165) is 5.56 Å². The number of hydrogen-bond donors (Lipinski definition) is 0. The summed E-state index contributed by atoms with van der Waals surface area (Å²) in [5, 5.41) is 0. The van der Waals surface area contributed by atoms with Crippen LogP contribution in [-0.2, 0) is 6.42 Å². The van der Waals surface area contributed by atoms with Crippen LogP contribution in [0.2, 0.25) is 0 Å². The zero-order chi connectivity index (χ0) is 15.6. The van der Waals surface area contributed by atoms with E-state index in [2.05, 4.69) is 6.08 Å². The molecular weight excluding hydrogens is 264 g/mol. The van der Waals surface area contributed by atoms with Crippen LogP contribution in [0.3, 0.4) is 0 Å². The summed E-state index contributed by atoms with van der Waals surface area (Å²) in [4.78, 5) is 34.7. The average Bonchev–Trinajstić information content (AvgIpc) is 2.52. The van der Waals surface area contributed by atoms with Crippen LogP contribution in [0.25, 0.3) is 0 Å². The molecule has 3 nitrogen and oxygen atoms in total. The normalized spacial score (nSPS) is 23.6. The summed E-state index contributed by atoms with van der Waals surface area (Å²) in [7, 11) is 0. The molecule has 0 aliphatic heterocycles. The summed E-state index contributed by atoms with van der Waals surface area (Å²) in [6, 6.07) is 3.18. The summed E-state index contributed by atoms with van der Waals surface area (Å²) in [6.45, 7) is 5.87. The Hall–Kier alpha value is -2.29. The molecule has 0 heterocycles. The maximum Gasteiger partial charge on any atom is 0.188 e. The molecular formula is C18H18O3. The standard InChI is InChI=1S/C18H18O3/c1-11-4-5-14-7-15(9-19)16(10-20)8-17(14)18(21)13(3)6-12(11)2/h4,6-10,12H,5H2,1-3H3/b11-4-,13-6+. The van der Waals surface area contributed by atoms with Gasteiger partial charge in [-0.3, -0.25) is 14.4 Å². The fraction of sp³-hybridized carbons (Fsp3) is 0.278. The van der Waals surface area contributed by atoms with Crippen LogP contribution in [-0.4, -0.2) is 18.4 Å². The molecule has 0 N–H and O–H groups in total. The lowest BCUT2D eigenvalue weighted by molar-refractivity contribution is 0.103. The van der Waals surface area contributed by atoms with Crippen molar-refractivity contribution >= 4 is 18.4 Å². The predicted molar refractivity (Wildman–Crippen MR) is 81.9 cm³/mol. The molecule has 0 aromatic heterocycles. The quantitative estimate of drug-likeness (QED) is 0.615. The third-order valence-corrected chi connectivity index (χ3v) is 4.03. The van der Waals surface area contributed by atoms with Gasteiger partial charge >= 0.3 is 0 Å². The van der Waals surface area contributed by atoms with Gasteiger partial charge in [0.25, 0.3) is 0 Å². The van der Waals surface area contributed by atoms with Crippen molar-refractivity contribution in [1.82, 2.24) is 0 Å². The number of carbonyl (C=O) groups excluding carboxylic acids is 3. The van der Waals surface area contributed by atoms with E-state index in [-0.39, 0.29) is 17.3 Å². The Bertz CT molecular complexity index is 678. The summed E-state index contributed by atoms with van der Waals surface area (Å²) in [5.74, 6) is 0.111. The first-order chi connectivity index (χ1) is 9.97. The number of hydrogen-bond acceptors (Lipinski definition) is 3. The number of fused-ring (bicyclic) bond motifs is 1. The van der Waals surface area contributed by atoms with E-state index in [4.69, 9.17) is 0 Å². The van der Waals surface area contributed by atoms with Gasteiger partial charge in [0.15, 0.2) is 18.4 Å². The van der Waals surface area contributed by atoms with E-state index in [0.29, 0.717) is 35.7 Å². The summed E-state index contributed by atoms with van der Waals surface area (Å²) < 4.78 is 0. The van der Waals surface area contributed by atoms with E-state index >= 15 is 0 Å². The molecule has 1 atom stereocenters. The van der Waals surface area contributed by atoms with Crippen molar-refractivity contribution in [3.8, 4) is 0 Å². The molecule has 0 saturated heterocycles. The van der Waals surface area contributed by atoms with Gasteiger partial charge in [-0.25, -0.2) is 0 Å². The van der Waals surface area contributed by atoms with Crippen LogP contribution >= 0.6 is 0 Å². The van der Waals surface area contributed by atoms with Gasteiger partial charge in [0, 0.05) is 16.7 Å². The number of rotatable bonds is 2. The third-order valence-electron chi connectivity index (χ3n) is 4.03. The first-order valence-corrected chi connectivity index (χ1v) is 6.95. The first-order valence-electron chi connectivity index (χ1n) is 6.95. The van der Waals surface area contributed by atoms with Crippen LogP contribution in [0.1, 0.15) is 57.4 Å². The van der Waals surface area contributed by atoms with Crippen molar-refractivity contribution < 1.29 is 14.4 Å². The van der Waals surface area contributed by atoms with Crippen molar-refractivity contribution in [3.63, 3.8) is 0 Å². The van der Waals surface area contributed by atoms with E-state index in [1.807, 2.05) is 19.9 Å². The minimum Gasteiger partial charge on any atom is -0.298 e. The van der Waals surface area contributed by atoms with Crippen LogP contribution in [0.4, 0.5) is 0 Å². The van der Waals surface area contributed by atoms with Crippen molar-refractivity contribution in [3.05, 3.63) is 57.7 Å². The molecule has 0 saturated carbocycles. The highest BCUT2D eigenvalue weighted by molar-refractivity contribution is 6.10. The van der Waals surface area contributed by atoms with Crippen LogP contribution in [0.5, 0.6) is 0 Å². The largest absolute Gasteiger partial charge is 0.298 e. The minimum absolute atomic E-state index is 0.0829. The third kappa shape index (κ3) is 2.92. The maximum absolute atomic E-state index is 12.6. The molecule has 0 amide bonds. The van der Waals surface area contributed by atoms with Gasteiger partial charge in [0.1, 0.15) is 0 Å². The van der Waals surface area contributed by atoms with Crippen LogP contribution in [0.15, 0.2) is 35.4 Å². The van der Waals surface area contributed by atoms with Gasteiger partial charge in [0.05, 0.1) is 0 Å². The highest BCUT2D eigenvalue weighted by Crippen LogP contribution is 2.24. The molecule has 1 unspecified atom stereocenters. The number of Topliss-reactive ketones (excluding diaryl/α,β-unsaturated/α-hetero) is 1. The van der Waals surface area contributed by atoms with Crippen molar-refractivity contribution in [1.29, 1.82) is 0 Å². The number of carbonyl (C=O) groups is 3. The number of ketones is 1. The monoisotopic (exact) mass is 282 g/mol. The van der Waals surface area contributed by atoms with E-state index in [1.54, 1.807) is 13.0 Å². The second-order valence-corrected chi connectivity index (χ2v) is 5.49. The molecule has 1 aromatic carbocycles. The van der Waals surface area contributed by atoms with Gasteiger partial charge in [-0.05, 0) is 49.5 Å². The molecule has 1 aliphatic rings. The molecule has 1 aliphatic carbocycles. The summed E-state index contributed by atoms with van der Waals surface area (Å²) >= 11 is 0. The number of allylic oxidation sites excluding steroid dienone is 4. The molecule has 0 radical (unpaired) electrons. The molecule has 3 heteroatoms. The lowest BCUT2D eigenvalue weighted by atomic mass is 9.92. The Morgan fingerprint density at radius 2 is 1.71 bits per heavy atom. The van der Waals surface area contributed by atoms with Gasteiger partial charge < -0.3 is 0 Å². The topological polar surface area (TPSA) is 51.2 Å². The number of aldehydes is 2. The predicted octanol–water partition coefficient (Wildman–Crippen LogP) is 3.58. The van der Waals surface area contributed by atoms with Gasteiger partial charge in [0.2, 0.25) is 0 Å². The molecule has 0 spiro atoms. The molecule has 108 valence electrons.